The highest BCUT2D eigenvalue weighted by molar-refractivity contribution is 7.99. The minimum Gasteiger partial charge on any atom is -0.324 e. The average molecular weight is 392 g/mol. The number of aromatic nitrogens is 3. The Morgan fingerprint density at radius 1 is 1.26 bits per heavy atom. The summed E-state index contributed by atoms with van der Waals surface area (Å²) in [5.41, 5.74) is 0.434. The minimum absolute atomic E-state index is 0.202. The van der Waals surface area contributed by atoms with Crippen LogP contribution in [-0.4, -0.2) is 26.4 Å². The lowest BCUT2D eigenvalue weighted by Gasteiger charge is -2.08. The number of nitrogens with zero attached hydrogens (tertiary/aromatic N) is 3. The maximum absolute atomic E-state index is 12.1. The molecule has 1 aliphatic carbocycles. The zero-order chi connectivity index (χ0) is 16.6. The van der Waals surface area contributed by atoms with E-state index >= 15 is 0 Å². The summed E-state index contributed by atoms with van der Waals surface area (Å²) < 4.78 is 1.95. The highest BCUT2D eigenvalue weighted by Crippen LogP contribution is 2.39. The number of hydrogen-bond acceptors (Lipinski definition) is 4. The van der Waals surface area contributed by atoms with Crippen LogP contribution in [0.3, 0.4) is 0 Å². The second kappa shape index (κ2) is 6.89. The van der Waals surface area contributed by atoms with Crippen LogP contribution in [0.1, 0.15) is 24.6 Å². The summed E-state index contributed by atoms with van der Waals surface area (Å²) >= 11 is 19.2. The topological polar surface area (TPSA) is 59.8 Å². The van der Waals surface area contributed by atoms with Crippen molar-refractivity contribution >= 4 is 58.2 Å². The minimum atomic E-state index is -0.203. The number of hydrogen-bond donors (Lipinski definition) is 1. The lowest BCUT2D eigenvalue weighted by Crippen LogP contribution is -2.15. The lowest BCUT2D eigenvalue weighted by atomic mass is 10.3. The highest BCUT2D eigenvalue weighted by Gasteiger charge is 2.29. The number of halogens is 3. The zero-order valence-corrected chi connectivity index (χ0v) is 15.2. The van der Waals surface area contributed by atoms with Gasteiger partial charge in [-0.25, -0.2) is 0 Å². The quantitative estimate of drug-likeness (QED) is 0.607. The fourth-order valence-corrected chi connectivity index (χ4v) is 3.40. The van der Waals surface area contributed by atoms with Gasteiger partial charge in [0.25, 0.3) is 0 Å². The first-order chi connectivity index (χ1) is 11.0. The van der Waals surface area contributed by atoms with Crippen LogP contribution in [0.4, 0.5) is 5.69 Å². The van der Waals surface area contributed by atoms with Crippen LogP contribution < -0.4 is 5.32 Å². The molecule has 0 saturated heterocycles. The van der Waals surface area contributed by atoms with Gasteiger partial charge in [-0.3, -0.25) is 4.79 Å². The number of rotatable bonds is 5. The summed E-state index contributed by atoms with van der Waals surface area (Å²) in [6, 6.07) is 3.03. The van der Waals surface area contributed by atoms with Gasteiger partial charge >= 0.3 is 0 Å². The number of carbonyl (C=O) groups excluding carboxylic acids is 1. The predicted octanol–water partition coefficient (Wildman–Crippen LogP) is 4.38. The SMILES string of the molecule is Cn1c(SCC(=O)Nc2cc(Cl)c(Cl)cc2Cl)nnc1C1CC1. The van der Waals surface area contributed by atoms with Gasteiger partial charge in [0.05, 0.1) is 26.5 Å². The number of nitrogens with one attached hydrogen (secondary N) is 1. The van der Waals surface area contributed by atoms with E-state index in [2.05, 4.69) is 15.5 Å². The maximum atomic E-state index is 12.1. The van der Waals surface area contributed by atoms with Crippen molar-refractivity contribution in [2.75, 3.05) is 11.1 Å². The van der Waals surface area contributed by atoms with Crippen molar-refractivity contribution in [2.24, 2.45) is 7.05 Å². The van der Waals surface area contributed by atoms with Crippen LogP contribution >= 0.6 is 46.6 Å². The molecule has 1 saturated carbocycles. The summed E-state index contributed by atoms with van der Waals surface area (Å²) in [6.45, 7) is 0. The molecule has 5 nitrogen and oxygen atoms in total. The second-order valence-corrected chi connectivity index (χ2v) is 7.42. The largest absolute Gasteiger partial charge is 0.324 e. The van der Waals surface area contributed by atoms with Crippen molar-refractivity contribution in [2.45, 2.75) is 23.9 Å². The van der Waals surface area contributed by atoms with E-state index in [9.17, 15) is 4.79 Å². The molecule has 9 heteroatoms. The van der Waals surface area contributed by atoms with Crippen LogP contribution in [0.5, 0.6) is 0 Å². The molecule has 1 aliphatic rings. The molecule has 122 valence electrons. The van der Waals surface area contributed by atoms with Crippen LogP contribution in [-0.2, 0) is 11.8 Å². The van der Waals surface area contributed by atoms with Crippen molar-refractivity contribution in [1.82, 2.24) is 14.8 Å². The van der Waals surface area contributed by atoms with E-state index in [0.717, 1.165) is 23.8 Å². The molecule has 3 rings (SSSR count). The van der Waals surface area contributed by atoms with Crippen molar-refractivity contribution in [1.29, 1.82) is 0 Å². The molecule has 0 atom stereocenters. The van der Waals surface area contributed by atoms with Crippen LogP contribution in [0.2, 0.25) is 15.1 Å². The summed E-state index contributed by atoms with van der Waals surface area (Å²) in [7, 11) is 1.92. The third-order valence-electron chi connectivity index (χ3n) is 3.43. The van der Waals surface area contributed by atoms with E-state index in [-0.39, 0.29) is 11.7 Å². The van der Waals surface area contributed by atoms with Gasteiger partial charge in [-0.05, 0) is 25.0 Å². The van der Waals surface area contributed by atoms with Gasteiger partial charge in [-0.15, -0.1) is 10.2 Å². The van der Waals surface area contributed by atoms with Crippen molar-refractivity contribution < 1.29 is 4.79 Å². The first-order valence-corrected chi connectivity index (χ1v) is 9.04. The van der Waals surface area contributed by atoms with E-state index in [0.29, 0.717) is 26.7 Å². The number of anilines is 1. The molecule has 1 N–H and O–H groups in total. The average Bonchev–Trinajstić information content (AvgIpc) is 3.27. The van der Waals surface area contributed by atoms with Gasteiger partial charge in [-0.2, -0.15) is 0 Å². The Kier molecular flexibility index (Phi) is 5.06. The van der Waals surface area contributed by atoms with Gasteiger partial charge < -0.3 is 9.88 Å². The van der Waals surface area contributed by atoms with E-state index in [1.54, 1.807) is 0 Å². The Morgan fingerprint density at radius 3 is 2.65 bits per heavy atom. The summed E-state index contributed by atoms with van der Waals surface area (Å²) in [6.07, 6.45) is 2.32. The molecular formula is C14H13Cl3N4OS. The fourth-order valence-electron chi connectivity index (χ4n) is 2.08. The van der Waals surface area contributed by atoms with Crippen molar-refractivity contribution in [3.05, 3.63) is 33.0 Å². The number of thioether (sulfide) groups is 1. The van der Waals surface area contributed by atoms with Gasteiger partial charge in [-0.1, -0.05) is 46.6 Å². The first kappa shape index (κ1) is 16.9. The molecule has 1 heterocycles. The Balaban J connectivity index is 1.61. The van der Waals surface area contributed by atoms with Gasteiger partial charge in [0.2, 0.25) is 5.91 Å². The van der Waals surface area contributed by atoms with Crippen LogP contribution in [0.25, 0.3) is 0 Å². The molecular weight excluding hydrogens is 379 g/mol. The molecule has 23 heavy (non-hydrogen) atoms. The molecule has 1 aromatic heterocycles. The van der Waals surface area contributed by atoms with E-state index in [4.69, 9.17) is 34.8 Å². The Bertz CT molecular complexity index is 761. The zero-order valence-electron chi connectivity index (χ0n) is 12.1. The molecule has 1 amide bonds. The Morgan fingerprint density at radius 2 is 1.96 bits per heavy atom. The number of amides is 1. The molecule has 0 unspecified atom stereocenters. The van der Waals surface area contributed by atoms with Crippen LogP contribution in [0, 0.1) is 0 Å². The summed E-state index contributed by atoms with van der Waals surface area (Å²) in [5.74, 6) is 1.50. The molecule has 0 bridgehead atoms. The number of carbonyl (C=O) groups is 1. The molecule has 0 radical (unpaired) electrons. The molecule has 2 aromatic rings. The standard InChI is InChI=1S/C14H13Cl3N4OS/c1-21-13(7-2-3-7)19-20-14(21)23-6-12(22)18-11-5-9(16)8(15)4-10(11)17/h4-5,7H,2-3,6H2,1H3,(H,18,22). The second-order valence-electron chi connectivity index (χ2n) is 5.26. The maximum Gasteiger partial charge on any atom is 0.234 e. The third kappa shape index (κ3) is 3.94. The normalized spacial score (nSPS) is 14.1. The third-order valence-corrected chi connectivity index (χ3v) is 5.48. The molecule has 1 fully saturated rings. The smallest absolute Gasteiger partial charge is 0.234 e. The first-order valence-electron chi connectivity index (χ1n) is 6.92. The van der Waals surface area contributed by atoms with Crippen molar-refractivity contribution in [3.8, 4) is 0 Å². The van der Waals surface area contributed by atoms with Crippen molar-refractivity contribution in [3.63, 3.8) is 0 Å². The van der Waals surface area contributed by atoms with Gasteiger partial charge in [0, 0.05) is 13.0 Å². The van der Waals surface area contributed by atoms with E-state index < -0.39 is 0 Å². The predicted molar refractivity (Wildman–Crippen MR) is 93.8 cm³/mol. The van der Waals surface area contributed by atoms with E-state index in [1.807, 2.05) is 11.6 Å². The van der Waals surface area contributed by atoms with Gasteiger partial charge in [0.1, 0.15) is 5.82 Å². The molecule has 0 spiro atoms. The highest BCUT2D eigenvalue weighted by atomic mass is 35.5. The molecule has 1 aromatic carbocycles. The van der Waals surface area contributed by atoms with Crippen LogP contribution in [0.15, 0.2) is 17.3 Å². The van der Waals surface area contributed by atoms with Gasteiger partial charge in [0.15, 0.2) is 5.16 Å². The monoisotopic (exact) mass is 390 g/mol. The molecule has 0 aliphatic heterocycles. The Hall–Kier alpha value is -0.950. The Labute approximate surface area is 152 Å². The summed E-state index contributed by atoms with van der Waals surface area (Å²) in [5, 5.41) is 12.8. The fraction of sp³-hybridized carbons (Fsp3) is 0.357. The number of benzene rings is 1. The lowest BCUT2D eigenvalue weighted by molar-refractivity contribution is -0.113. The summed E-state index contributed by atoms with van der Waals surface area (Å²) in [4.78, 5) is 12.1. The van der Waals surface area contributed by atoms with E-state index in [1.165, 1.54) is 23.9 Å².